The Bertz CT molecular complexity index is 436. The molecule has 0 spiro atoms. The van der Waals surface area contributed by atoms with E-state index in [1.165, 1.54) is 11.3 Å². The molecule has 20 heavy (non-hydrogen) atoms. The maximum absolute atomic E-state index is 6.40. The molecule has 0 amide bonds. The van der Waals surface area contributed by atoms with Gasteiger partial charge in [-0.05, 0) is 31.0 Å². The summed E-state index contributed by atoms with van der Waals surface area (Å²) in [6.07, 6.45) is 1.42. The Morgan fingerprint density at radius 2 is 2.25 bits per heavy atom. The third kappa shape index (κ3) is 3.87. The molecule has 0 saturated carbocycles. The topological polar surface area (TPSA) is 24.5 Å². The summed E-state index contributed by atoms with van der Waals surface area (Å²) in [7, 11) is 1.79. The van der Waals surface area contributed by atoms with Crippen LogP contribution in [0.25, 0.3) is 0 Å². The summed E-state index contributed by atoms with van der Waals surface area (Å²) in [4.78, 5) is 2.38. The SMILES string of the molecule is COC1CCN(c2cccc(Cl)c2CNCC(C)C)C1. The minimum absolute atomic E-state index is 0.338. The molecule has 1 saturated heterocycles. The summed E-state index contributed by atoms with van der Waals surface area (Å²) >= 11 is 6.40. The minimum atomic E-state index is 0.338. The average molecular weight is 297 g/mol. The van der Waals surface area contributed by atoms with Crippen molar-refractivity contribution >= 4 is 17.3 Å². The molecule has 1 aromatic carbocycles. The van der Waals surface area contributed by atoms with Gasteiger partial charge in [0.15, 0.2) is 0 Å². The first-order valence-corrected chi connectivity index (χ1v) is 7.75. The molecule has 1 aromatic rings. The zero-order valence-corrected chi connectivity index (χ0v) is 13.4. The number of rotatable bonds is 6. The number of anilines is 1. The number of halogens is 1. The molecule has 1 heterocycles. The van der Waals surface area contributed by atoms with E-state index in [1.807, 2.05) is 12.1 Å². The second-order valence-electron chi connectivity index (χ2n) is 5.85. The summed E-state index contributed by atoms with van der Waals surface area (Å²) in [5, 5.41) is 4.34. The molecule has 3 nitrogen and oxygen atoms in total. The molecule has 0 bridgehead atoms. The van der Waals surface area contributed by atoms with Crippen molar-refractivity contribution in [2.24, 2.45) is 5.92 Å². The zero-order chi connectivity index (χ0) is 14.5. The summed E-state index contributed by atoms with van der Waals surface area (Å²) < 4.78 is 5.46. The Hall–Kier alpha value is -0.770. The number of benzene rings is 1. The predicted octanol–water partition coefficient (Wildman–Crippen LogP) is 3.31. The molecule has 1 aliphatic heterocycles. The lowest BCUT2D eigenvalue weighted by atomic mass is 10.1. The smallest absolute Gasteiger partial charge is 0.0762 e. The summed E-state index contributed by atoms with van der Waals surface area (Å²) in [6, 6.07) is 6.17. The quantitative estimate of drug-likeness (QED) is 0.871. The Labute approximate surface area is 127 Å². The number of hydrogen-bond acceptors (Lipinski definition) is 3. The Kier molecular flexibility index (Phi) is 5.70. The highest BCUT2D eigenvalue weighted by molar-refractivity contribution is 6.31. The van der Waals surface area contributed by atoms with E-state index in [4.69, 9.17) is 16.3 Å². The molecular weight excluding hydrogens is 272 g/mol. The molecule has 1 fully saturated rings. The van der Waals surface area contributed by atoms with Crippen molar-refractivity contribution < 1.29 is 4.74 Å². The normalized spacial score (nSPS) is 19.1. The van der Waals surface area contributed by atoms with Gasteiger partial charge in [0.2, 0.25) is 0 Å². The Balaban J connectivity index is 2.10. The highest BCUT2D eigenvalue weighted by atomic mass is 35.5. The van der Waals surface area contributed by atoms with Crippen LogP contribution in [0.4, 0.5) is 5.69 Å². The van der Waals surface area contributed by atoms with Crippen LogP contribution in [0.15, 0.2) is 18.2 Å². The standard InChI is InChI=1S/C16H25ClN2O/c1-12(2)9-18-10-14-15(17)5-4-6-16(14)19-8-7-13(11-19)20-3/h4-6,12-13,18H,7-11H2,1-3H3. The largest absolute Gasteiger partial charge is 0.380 e. The van der Waals surface area contributed by atoms with Gasteiger partial charge in [0.05, 0.1) is 6.10 Å². The van der Waals surface area contributed by atoms with Crippen LogP contribution >= 0.6 is 11.6 Å². The Morgan fingerprint density at radius 3 is 2.90 bits per heavy atom. The Morgan fingerprint density at radius 1 is 1.45 bits per heavy atom. The maximum Gasteiger partial charge on any atom is 0.0762 e. The zero-order valence-electron chi connectivity index (χ0n) is 12.7. The van der Waals surface area contributed by atoms with Crippen molar-refractivity contribution in [2.75, 3.05) is 31.6 Å². The fourth-order valence-electron chi connectivity index (χ4n) is 2.64. The third-order valence-corrected chi connectivity index (χ3v) is 4.12. The summed E-state index contributed by atoms with van der Waals surface area (Å²) in [5.74, 6) is 0.644. The molecule has 1 aliphatic rings. The van der Waals surface area contributed by atoms with Crippen molar-refractivity contribution in [3.8, 4) is 0 Å². The molecule has 0 aromatic heterocycles. The van der Waals surface area contributed by atoms with Crippen molar-refractivity contribution in [3.05, 3.63) is 28.8 Å². The third-order valence-electron chi connectivity index (χ3n) is 3.77. The number of nitrogens with one attached hydrogen (secondary N) is 1. The van der Waals surface area contributed by atoms with E-state index in [1.54, 1.807) is 7.11 Å². The fourth-order valence-corrected chi connectivity index (χ4v) is 2.88. The van der Waals surface area contributed by atoms with Crippen LogP contribution in [-0.2, 0) is 11.3 Å². The second kappa shape index (κ2) is 7.30. The molecule has 1 unspecified atom stereocenters. The highest BCUT2D eigenvalue weighted by Crippen LogP contribution is 2.30. The minimum Gasteiger partial charge on any atom is -0.380 e. The van der Waals surface area contributed by atoms with Crippen molar-refractivity contribution in [3.63, 3.8) is 0 Å². The summed E-state index contributed by atoms with van der Waals surface area (Å²) in [6.45, 7) is 8.24. The van der Waals surface area contributed by atoms with Gasteiger partial charge in [-0.2, -0.15) is 0 Å². The van der Waals surface area contributed by atoms with Crippen LogP contribution in [0.3, 0.4) is 0 Å². The van der Waals surface area contributed by atoms with Crippen LogP contribution in [0, 0.1) is 5.92 Å². The first kappa shape index (κ1) is 15.6. The van der Waals surface area contributed by atoms with Gasteiger partial charge in [-0.25, -0.2) is 0 Å². The van der Waals surface area contributed by atoms with E-state index in [0.29, 0.717) is 12.0 Å². The van der Waals surface area contributed by atoms with Crippen molar-refractivity contribution in [1.29, 1.82) is 0 Å². The van der Waals surface area contributed by atoms with Gasteiger partial charge < -0.3 is 15.0 Å². The molecular formula is C16H25ClN2O. The number of ether oxygens (including phenoxy) is 1. The van der Waals surface area contributed by atoms with E-state index in [2.05, 4.69) is 30.1 Å². The lowest BCUT2D eigenvalue weighted by molar-refractivity contribution is 0.121. The molecule has 4 heteroatoms. The van der Waals surface area contributed by atoms with E-state index in [0.717, 1.165) is 37.6 Å². The van der Waals surface area contributed by atoms with Crippen LogP contribution in [0.1, 0.15) is 25.8 Å². The summed E-state index contributed by atoms with van der Waals surface area (Å²) in [5.41, 5.74) is 2.44. The van der Waals surface area contributed by atoms with Crippen LogP contribution in [0.5, 0.6) is 0 Å². The van der Waals surface area contributed by atoms with Gasteiger partial charge >= 0.3 is 0 Å². The molecule has 0 aliphatic carbocycles. The second-order valence-corrected chi connectivity index (χ2v) is 6.26. The van der Waals surface area contributed by atoms with Gasteiger partial charge in [0.1, 0.15) is 0 Å². The molecule has 1 N–H and O–H groups in total. The van der Waals surface area contributed by atoms with E-state index >= 15 is 0 Å². The number of hydrogen-bond donors (Lipinski definition) is 1. The van der Waals surface area contributed by atoms with E-state index in [-0.39, 0.29) is 0 Å². The van der Waals surface area contributed by atoms with Crippen LogP contribution in [0.2, 0.25) is 5.02 Å². The molecule has 0 radical (unpaired) electrons. The van der Waals surface area contributed by atoms with E-state index in [9.17, 15) is 0 Å². The van der Waals surface area contributed by atoms with Gasteiger partial charge in [0.25, 0.3) is 0 Å². The fraction of sp³-hybridized carbons (Fsp3) is 0.625. The number of nitrogens with zero attached hydrogens (tertiary/aromatic N) is 1. The lowest BCUT2D eigenvalue weighted by Crippen LogP contribution is -2.25. The van der Waals surface area contributed by atoms with Crippen LogP contribution in [-0.4, -0.2) is 32.8 Å². The molecule has 2 rings (SSSR count). The average Bonchev–Trinajstić information content (AvgIpc) is 2.89. The lowest BCUT2D eigenvalue weighted by Gasteiger charge is -2.23. The van der Waals surface area contributed by atoms with Gasteiger partial charge in [-0.3, -0.25) is 0 Å². The predicted molar refractivity (Wildman–Crippen MR) is 85.6 cm³/mol. The first-order valence-electron chi connectivity index (χ1n) is 7.37. The van der Waals surface area contributed by atoms with Crippen LogP contribution < -0.4 is 10.2 Å². The molecule has 112 valence electrons. The maximum atomic E-state index is 6.40. The van der Waals surface area contributed by atoms with Gasteiger partial charge in [0, 0.05) is 43.0 Å². The highest BCUT2D eigenvalue weighted by Gasteiger charge is 2.24. The van der Waals surface area contributed by atoms with Gasteiger partial charge in [-0.15, -0.1) is 0 Å². The monoisotopic (exact) mass is 296 g/mol. The van der Waals surface area contributed by atoms with Crippen molar-refractivity contribution in [1.82, 2.24) is 5.32 Å². The number of methoxy groups -OCH3 is 1. The van der Waals surface area contributed by atoms with E-state index < -0.39 is 0 Å². The van der Waals surface area contributed by atoms with Gasteiger partial charge in [-0.1, -0.05) is 31.5 Å². The first-order chi connectivity index (χ1) is 9.61. The molecule has 1 atom stereocenters. The van der Waals surface area contributed by atoms with Crippen molar-refractivity contribution in [2.45, 2.75) is 32.9 Å².